The average Bonchev–Trinajstić information content (AvgIpc) is 2.49. The molecular formula is C16H15FN2OS. The Labute approximate surface area is 126 Å². The largest absolute Gasteiger partial charge is 0.378 e. The first-order chi connectivity index (χ1) is 10.1. The number of nitrogens with one attached hydrogen (secondary N) is 1. The smallest absolute Gasteiger partial charge is 0.248 e. The highest BCUT2D eigenvalue weighted by Gasteiger charge is 2.22. The van der Waals surface area contributed by atoms with Gasteiger partial charge in [-0.15, -0.1) is 11.8 Å². The maximum Gasteiger partial charge on any atom is 0.248 e. The highest BCUT2D eigenvalue weighted by atomic mass is 32.2. The van der Waals surface area contributed by atoms with Gasteiger partial charge in [0.25, 0.3) is 0 Å². The Hall–Kier alpha value is -2.01. The predicted molar refractivity (Wildman–Crippen MR) is 83.1 cm³/mol. The number of thioether (sulfide) groups is 1. The molecule has 0 saturated heterocycles. The van der Waals surface area contributed by atoms with Crippen LogP contribution in [0.2, 0.25) is 0 Å². The fraction of sp³-hybridized carbons (Fsp3) is 0.188. The third-order valence-corrected chi connectivity index (χ3v) is 4.70. The minimum absolute atomic E-state index is 0.0800. The van der Waals surface area contributed by atoms with E-state index in [0.717, 1.165) is 28.3 Å². The summed E-state index contributed by atoms with van der Waals surface area (Å²) in [5.41, 5.74) is 7.59. The van der Waals surface area contributed by atoms with Crippen molar-refractivity contribution in [1.29, 1.82) is 0 Å². The Kier molecular flexibility index (Phi) is 3.84. The molecule has 0 aromatic heterocycles. The first-order valence-electron chi connectivity index (χ1n) is 6.73. The van der Waals surface area contributed by atoms with Crippen molar-refractivity contribution in [3.63, 3.8) is 0 Å². The van der Waals surface area contributed by atoms with Crippen molar-refractivity contribution in [3.8, 4) is 0 Å². The second-order valence-corrected chi connectivity index (χ2v) is 6.04. The van der Waals surface area contributed by atoms with E-state index in [1.165, 1.54) is 6.07 Å². The molecule has 5 heteroatoms. The topological polar surface area (TPSA) is 55.1 Å². The molecule has 1 unspecified atom stereocenters. The first-order valence-corrected chi connectivity index (χ1v) is 7.71. The number of fused-ring (bicyclic) bond motifs is 1. The summed E-state index contributed by atoms with van der Waals surface area (Å²) in [4.78, 5) is 11.8. The minimum atomic E-state index is -0.442. The van der Waals surface area contributed by atoms with Crippen LogP contribution in [-0.4, -0.2) is 11.7 Å². The molecule has 1 atom stereocenters. The lowest BCUT2D eigenvalue weighted by Gasteiger charge is -2.27. The highest BCUT2D eigenvalue weighted by molar-refractivity contribution is 7.99. The normalized spacial score (nSPS) is 17.1. The van der Waals surface area contributed by atoms with Gasteiger partial charge >= 0.3 is 0 Å². The lowest BCUT2D eigenvalue weighted by molar-refractivity contribution is 0.100. The maximum atomic E-state index is 13.8. The van der Waals surface area contributed by atoms with Crippen molar-refractivity contribution in [3.05, 3.63) is 59.4 Å². The zero-order chi connectivity index (χ0) is 14.8. The summed E-state index contributed by atoms with van der Waals surface area (Å²) < 4.78 is 13.8. The molecule has 0 spiro atoms. The summed E-state index contributed by atoms with van der Waals surface area (Å²) in [5, 5.41) is 3.40. The van der Waals surface area contributed by atoms with E-state index < -0.39 is 5.91 Å². The fourth-order valence-corrected chi connectivity index (χ4v) is 3.61. The summed E-state index contributed by atoms with van der Waals surface area (Å²) >= 11 is 1.56. The molecule has 1 amide bonds. The molecule has 0 aliphatic carbocycles. The molecule has 1 aliphatic rings. The van der Waals surface area contributed by atoms with Crippen LogP contribution in [0.3, 0.4) is 0 Å². The molecule has 0 radical (unpaired) electrons. The third-order valence-electron chi connectivity index (χ3n) is 3.54. The maximum absolute atomic E-state index is 13.8. The van der Waals surface area contributed by atoms with E-state index in [4.69, 9.17) is 5.73 Å². The molecule has 0 fully saturated rings. The Balaban J connectivity index is 1.83. The van der Waals surface area contributed by atoms with Gasteiger partial charge in [-0.05, 0) is 42.3 Å². The molecule has 3 N–H and O–H groups in total. The number of hydrogen-bond acceptors (Lipinski definition) is 3. The van der Waals surface area contributed by atoms with Crippen molar-refractivity contribution >= 4 is 23.4 Å². The average molecular weight is 302 g/mol. The first kappa shape index (κ1) is 13.9. The van der Waals surface area contributed by atoms with Crippen LogP contribution in [0.25, 0.3) is 0 Å². The Morgan fingerprint density at radius 3 is 2.71 bits per heavy atom. The Bertz CT molecular complexity index is 672. The molecule has 0 saturated carbocycles. The van der Waals surface area contributed by atoms with E-state index in [1.807, 2.05) is 18.2 Å². The third kappa shape index (κ3) is 2.88. The van der Waals surface area contributed by atoms with Crippen LogP contribution in [-0.2, 0) is 0 Å². The van der Waals surface area contributed by atoms with E-state index in [0.29, 0.717) is 5.56 Å². The second-order valence-electron chi connectivity index (χ2n) is 4.93. The Morgan fingerprint density at radius 2 is 2.00 bits per heavy atom. The summed E-state index contributed by atoms with van der Waals surface area (Å²) in [6.45, 7) is 0. The zero-order valence-corrected chi connectivity index (χ0v) is 12.1. The standard InChI is InChI=1S/C16H15FN2OS/c17-13-3-1-2-12-14(8-9-21-15(12)13)19-11-6-4-10(5-7-11)16(18)20/h1-7,14,19H,8-9H2,(H2,18,20). The molecular weight excluding hydrogens is 287 g/mol. The van der Waals surface area contributed by atoms with Crippen LogP contribution in [0.5, 0.6) is 0 Å². The van der Waals surface area contributed by atoms with E-state index >= 15 is 0 Å². The lowest BCUT2D eigenvalue weighted by Crippen LogP contribution is -2.17. The van der Waals surface area contributed by atoms with Gasteiger partial charge in [0, 0.05) is 21.9 Å². The van der Waals surface area contributed by atoms with Gasteiger partial charge in [-0.25, -0.2) is 4.39 Å². The van der Waals surface area contributed by atoms with Crippen molar-refractivity contribution in [1.82, 2.24) is 0 Å². The second kappa shape index (κ2) is 5.77. The van der Waals surface area contributed by atoms with Crippen LogP contribution in [0, 0.1) is 5.82 Å². The number of anilines is 1. The van der Waals surface area contributed by atoms with Gasteiger partial charge in [0.2, 0.25) is 5.91 Å². The van der Waals surface area contributed by atoms with Gasteiger partial charge in [-0.3, -0.25) is 4.79 Å². The molecule has 2 aromatic rings. The number of carbonyl (C=O) groups is 1. The van der Waals surface area contributed by atoms with Crippen molar-refractivity contribution < 1.29 is 9.18 Å². The molecule has 2 aromatic carbocycles. The van der Waals surface area contributed by atoms with Crippen molar-refractivity contribution in [2.45, 2.75) is 17.4 Å². The van der Waals surface area contributed by atoms with E-state index in [1.54, 1.807) is 30.0 Å². The van der Waals surface area contributed by atoms with Crippen molar-refractivity contribution in [2.75, 3.05) is 11.1 Å². The number of halogens is 1. The predicted octanol–water partition coefficient (Wildman–Crippen LogP) is 3.57. The fourth-order valence-electron chi connectivity index (χ4n) is 2.47. The molecule has 0 bridgehead atoms. The van der Waals surface area contributed by atoms with Gasteiger partial charge in [0.1, 0.15) is 5.82 Å². The van der Waals surface area contributed by atoms with Gasteiger partial charge < -0.3 is 11.1 Å². The van der Waals surface area contributed by atoms with Gasteiger partial charge in [0.05, 0.1) is 6.04 Å². The number of hydrogen-bond donors (Lipinski definition) is 2. The van der Waals surface area contributed by atoms with Crippen LogP contribution in [0.15, 0.2) is 47.4 Å². The number of carbonyl (C=O) groups excluding carboxylic acids is 1. The summed E-state index contributed by atoms with van der Waals surface area (Å²) in [6.07, 6.45) is 0.929. The summed E-state index contributed by atoms with van der Waals surface area (Å²) in [6, 6.07) is 12.3. The van der Waals surface area contributed by atoms with Gasteiger partial charge in [-0.1, -0.05) is 12.1 Å². The minimum Gasteiger partial charge on any atom is -0.378 e. The molecule has 3 rings (SSSR count). The van der Waals surface area contributed by atoms with Crippen LogP contribution in [0.4, 0.5) is 10.1 Å². The number of rotatable bonds is 3. The molecule has 21 heavy (non-hydrogen) atoms. The summed E-state index contributed by atoms with van der Waals surface area (Å²) in [5.74, 6) is 0.279. The van der Waals surface area contributed by atoms with Crippen LogP contribution in [0.1, 0.15) is 28.4 Å². The van der Waals surface area contributed by atoms with E-state index in [2.05, 4.69) is 5.32 Å². The van der Waals surface area contributed by atoms with Crippen LogP contribution >= 0.6 is 11.8 Å². The molecule has 1 heterocycles. The Morgan fingerprint density at radius 1 is 1.24 bits per heavy atom. The molecule has 1 aliphatic heterocycles. The number of amides is 1. The lowest BCUT2D eigenvalue weighted by atomic mass is 10.0. The molecule has 108 valence electrons. The monoisotopic (exact) mass is 302 g/mol. The summed E-state index contributed by atoms with van der Waals surface area (Å²) in [7, 11) is 0. The molecule has 3 nitrogen and oxygen atoms in total. The van der Waals surface area contributed by atoms with Gasteiger partial charge in [-0.2, -0.15) is 0 Å². The van der Waals surface area contributed by atoms with Crippen molar-refractivity contribution in [2.24, 2.45) is 5.73 Å². The van der Waals surface area contributed by atoms with E-state index in [-0.39, 0.29) is 11.9 Å². The number of benzene rings is 2. The van der Waals surface area contributed by atoms with Crippen LogP contribution < -0.4 is 11.1 Å². The van der Waals surface area contributed by atoms with E-state index in [9.17, 15) is 9.18 Å². The number of nitrogens with two attached hydrogens (primary N) is 1. The highest BCUT2D eigenvalue weighted by Crippen LogP contribution is 2.39. The number of primary amides is 1. The van der Waals surface area contributed by atoms with Gasteiger partial charge in [0.15, 0.2) is 0 Å². The quantitative estimate of drug-likeness (QED) is 0.911. The SMILES string of the molecule is NC(=O)c1ccc(NC2CCSc3c(F)cccc32)cc1. The zero-order valence-electron chi connectivity index (χ0n) is 11.3.